The van der Waals surface area contributed by atoms with E-state index < -0.39 is 11.2 Å². The molecule has 1 aromatic carbocycles. The number of nitrogens with zero attached hydrogens (tertiary/aromatic N) is 7. The summed E-state index contributed by atoms with van der Waals surface area (Å²) in [4.78, 5) is 32.1. The molecule has 0 spiro atoms. The Hall–Kier alpha value is -3.54. The highest BCUT2D eigenvalue weighted by Gasteiger charge is 2.13. The summed E-state index contributed by atoms with van der Waals surface area (Å²) in [5, 5.41) is 13.1. The van der Waals surface area contributed by atoms with Gasteiger partial charge in [-0.2, -0.15) is 20.0 Å². The van der Waals surface area contributed by atoms with Gasteiger partial charge in [0.1, 0.15) is 0 Å². The molecule has 0 saturated heterocycles. The second-order valence-corrected chi connectivity index (χ2v) is 4.75. The van der Waals surface area contributed by atoms with E-state index in [1.165, 1.54) is 23.3 Å². The van der Waals surface area contributed by atoms with Gasteiger partial charge in [0.05, 0.1) is 5.69 Å². The molecule has 3 rings (SSSR count). The number of hydrogen-bond acceptors (Lipinski definition) is 6. The van der Waals surface area contributed by atoms with E-state index in [9.17, 15) is 9.59 Å². The maximum absolute atomic E-state index is 12.3. The molecule has 114 valence electrons. The van der Waals surface area contributed by atoms with Crippen molar-refractivity contribution in [1.82, 2.24) is 23.9 Å². The van der Waals surface area contributed by atoms with Crippen molar-refractivity contribution in [2.45, 2.75) is 0 Å². The summed E-state index contributed by atoms with van der Waals surface area (Å²) >= 11 is 0. The molecule has 0 aliphatic carbocycles. The van der Waals surface area contributed by atoms with Crippen LogP contribution in [0.2, 0.25) is 0 Å². The molecule has 0 aliphatic rings. The number of rotatable bonds is 1. The predicted octanol–water partition coefficient (Wildman–Crippen LogP) is -0.800. The Bertz CT molecular complexity index is 1130. The van der Waals surface area contributed by atoms with E-state index in [0.29, 0.717) is 5.69 Å². The van der Waals surface area contributed by atoms with Gasteiger partial charge in [-0.15, -0.1) is 4.99 Å². The van der Waals surface area contributed by atoms with Crippen LogP contribution in [0.5, 0.6) is 0 Å². The van der Waals surface area contributed by atoms with Gasteiger partial charge in [-0.05, 0) is 12.1 Å². The fourth-order valence-corrected chi connectivity index (χ4v) is 2.18. The van der Waals surface area contributed by atoms with Crippen LogP contribution >= 0.6 is 0 Å². The summed E-state index contributed by atoms with van der Waals surface area (Å²) in [5.41, 5.74) is -0.447. The van der Waals surface area contributed by atoms with Crippen LogP contribution in [0.15, 0.2) is 44.9 Å². The number of benzene rings is 1. The maximum Gasteiger partial charge on any atom is 0.332 e. The smallest absolute Gasteiger partial charge is 0.279 e. The molecule has 0 fully saturated rings. The summed E-state index contributed by atoms with van der Waals surface area (Å²) < 4.78 is 3.43. The number of para-hydroxylation sites is 1. The zero-order chi connectivity index (χ0) is 16.6. The van der Waals surface area contributed by atoms with Gasteiger partial charge in [-0.1, -0.05) is 18.2 Å². The van der Waals surface area contributed by atoms with Gasteiger partial charge in [0.2, 0.25) is 6.19 Å². The topological polar surface area (TPSA) is 111 Å². The number of aryl methyl sites for hydroxylation is 1. The van der Waals surface area contributed by atoms with Gasteiger partial charge in [0.25, 0.3) is 11.2 Å². The average molecular weight is 309 g/mol. The van der Waals surface area contributed by atoms with Crippen molar-refractivity contribution in [1.29, 1.82) is 5.26 Å². The summed E-state index contributed by atoms with van der Waals surface area (Å²) in [7, 11) is 2.84. The first kappa shape index (κ1) is 14.4. The zero-order valence-corrected chi connectivity index (χ0v) is 12.3. The van der Waals surface area contributed by atoms with Crippen LogP contribution in [-0.2, 0) is 14.1 Å². The lowest BCUT2D eigenvalue weighted by atomic mass is 10.3. The second-order valence-electron chi connectivity index (χ2n) is 4.75. The van der Waals surface area contributed by atoms with Crippen LogP contribution < -0.4 is 16.9 Å². The molecule has 0 saturated carbocycles. The molecule has 0 aliphatic heterocycles. The summed E-state index contributed by atoms with van der Waals surface area (Å²) in [6.45, 7) is 0. The Morgan fingerprint density at radius 1 is 1.13 bits per heavy atom. The van der Waals surface area contributed by atoms with Crippen molar-refractivity contribution >= 4 is 11.2 Å². The molecular weight excluding hydrogens is 298 g/mol. The Labute approximate surface area is 129 Å². The average Bonchev–Trinajstić information content (AvgIpc) is 2.58. The molecule has 0 amide bonds. The lowest BCUT2D eigenvalue weighted by molar-refractivity contribution is 0.678. The largest absolute Gasteiger partial charge is 0.332 e. The quantitative estimate of drug-likeness (QED) is 0.546. The first-order valence-electron chi connectivity index (χ1n) is 6.60. The fourth-order valence-electron chi connectivity index (χ4n) is 2.18. The van der Waals surface area contributed by atoms with E-state index in [-0.39, 0.29) is 16.8 Å². The third kappa shape index (κ3) is 2.22. The van der Waals surface area contributed by atoms with Crippen LogP contribution in [0.1, 0.15) is 0 Å². The molecule has 0 radical (unpaired) electrons. The number of aromatic nitrogens is 5. The van der Waals surface area contributed by atoms with Crippen molar-refractivity contribution in [2.75, 3.05) is 0 Å². The third-order valence-electron chi connectivity index (χ3n) is 3.36. The third-order valence-corrected chi connectivity index (χ3v) is 3.36. The lowest BCUT2D eigenvalue weighted by Crippen LogP contribution is -2.40. The number of fused-ring (bicyclic) bond motifs is 1. The second kappa shape index (κ2) is 5.34. The molecule has 3 aromatic rings. The van der Waals surface area contributed by atoms with Crippen molar-refractivity contribution in [3.05, 3.63) is 56.8 Å². The van der Waals surface area contributed by atoms with E-state index in [1.54, 1.807) is 30.5 Å². The first-order valence-corrected chi connectivity index (χ1v) is 6.60. The summed E-state index contributed by atoms with van der Waals surface area (Å²) in [6.07, 6.45) is 1.65. The van der Waals surface area contributed by atoms with Crippen LogP contribution in [0, 0.1) is 11.5 Å². The lowest BCUT2D eigenvalue weighted by Gasteiger charge is -2.09. The molecule has 9 nitrogen and oxygen atoms in total. The van der Waals surface area contributed by atoms with E-state index in [0.717, 1.165) is 4.57 Å². The highest BCUT2D eigenvalue weighted by Crippen LogP contribution is 2.04. The minimum Gasteiger partial charge on any atom is -0.279 e. The minimum absolute atomic E-state index is 0.00958. The van der Waals surface area contributed by atoms with Crippen molar-refractivity contribution < 1.29 is 0 Å². The monoisotopic (exact) mass is 309 g/mol. The summed E-state index contributed by atoms with van der Waals surface area (Å²) in [6, 6.07) is 8.86. The minimum atomic E-state index is -0.566. The highest BCUT2D eigenvalue weighted by atomic mass is 16.2. The fraction of sp³-hybridized carbons (Fsp3) is 0.143. The Balaban J connectivity index is 2.55. The number of hydrogen-bond donors (Lipinski definition) is 0. The van der Waals surface area contributed by atoms with Crippen molar-refractivity contribution in [2.24, 2.45) is 19.1 Å². The number of nitriles is 1. The van der Waals surface area contributed by atoms with Crippen molar-refractivity contribution in [3.8, 4) is 11.9 Å². The molecular formula is C14H11N7O2. The van der Waals surface area contributed by atoms with Gasteiger partial charge in [-0.25, -0.2) is 4.79 Å². The first-order chi connectivity index (χ1) is 11.0. The molecule has 9 heteroatoms. The molecule has 0 bridgehead atoms. The Kier molecular flexibility index (Phi) is 3.34. The molecule has 2 heterocycles. The normalized spacial score (nSPS) is 11.6. The van der Waals surface area contributed by atoms with Gasteiger partial charge in [-0.3, -0.25) is 13.9 Å². The van der Waals surface area contributed by atoms with Crippen LogP contribution in [0.3, 0.4) is 0 Å². The van der Waals surface area contributed by atoms with Crippen LogP contribution in [0.25, 0.3) is 16.9 Å². The van der Waals surface area contributed by atoms with Gasteiger partial charge < -0.3 is 0 Å². The van der Waals surface area contributed by atoms with E-state index in [2.05, 4.69) is 15.1 Å². The standard InChI is InChI=1S/C14H11N7O2/c1-19-11-10(12(22)20(2)14(19)23)18-21(13(17-11)16-8-15)9-6-4-3-5-7-9/h3-7H,1-2H3. The molecule has 23 heavy (non-hydrogen) atoms. The highest BCUT2D eigenvalue weighted by molar-refractivity contribution is 5.67. The molecule has 0 atom stereocenters. The molecule has 0 N–H and O–H groups in total. The zero-order valence-electron chi connectivity index (χ0n) is 12.3. The Morgan fingerprint density at radius 3 is 2.48 bits per heavy atom. The van der Waals surface area contributed by atoms with Gasteiger partial charge in [0, 0.05) is 14.1 Å². The van der Waals surface area contributed by atoms with E-state index >= 15 is 0 Å². The van der Waals surface area contributed by atoms with Gasteiger partial charge in [0.15, 0.2) is 11.2 Å². The maximum atomic E-state index is 12.3. The van der Waals surface area contributed by atoms with E-state index in [1.807, 2.05) is 6.07 Å². The van der Waals surface area contributed by atoms with Crippen LogP contribution in [-0.4, -0.2) is 23.9 Å². The SMILES string of the molecule is Cn1c(=O)c2nn(-c3ccccc3)c(=NC#N)nc2n(C)c1=O. The van der Waals surface area contributed by atoms with Gasteiger partial charge >= 0.3 is 5.69 Å². The summed E-state index contributed by atoms with van der Waals surface area (Å²) in [5.74, 6) is 0. The molecule has 2 aromatic heterocycles. The van der Waals surface area contributed by atoms with Crippen molar-refractivity contribution in [3.63, 3.8) is 0 Å². The van der Waals surface area contributed by atoms with E-state index in [4.69, 9.17) is 5.26 Å². The van der Waals surface area contributed by atoms with Crippen LogP contribution in [0.4, 0.5) is 0 Å². The Morgan fingerprint density at radius 2 is 1.83 bits per heavy atom. The molecule has 0 unspecified atom stereocenters. The predicted molar refractivity (Wildman–Crippen MR) is 80.5 cm³/mol.